The molecule has 1 unspecified atom stereocenters. The molecule has 1 aliphatic rings. The van der Waals surface area contributed by atoms with Crippen molar-refractivity contribution in [3.63, 3.8) is 0 Å². The Labute approximate surface area is 92.3 Å². The molecule has 3 heteroatoms. The molecule has 1 fully saturated rings. The van der Waals surface area contributed by atoms with Crippen LogP contribution in [0.25, 0.3) is 0 Å². The molecular formula is C12H22N2O. The maximum Gasteiger partial charge on any atom is 0.240 e. The van der Waals surface area contributed by atoms with E-state index in [0.29, 0.717) is 18.3 Å². The van der Waals surface area contributed by atoms with Gasteiger partial charge < -0.3 is 0 Å². The van der Waals surface area contributed by atoms with Gasteiger partial charge in [-0.2, -0.15) is 5.10 Å². The number of nitrogens with one attached hydrogen (secondary N) is 1. The smallest absolute Gasteiger partial charge is 0.240 e. The fraction of sp³-hybridized carbons (Fsp3) is 0.833. The average Bonchev–Trinajstić information content (AvgIpc) is 2.15. The van der Waals surface area contributed by atoms with E-state index in [-0.39, 0.29) is 5.91 Å². The van der Waals surface area contributed by atoms with E-state index in [4.69, 9.17) is 0 Å². The van der Waals surface area contributed by atoms with Crippen molar-refractivity contribution in [3.8, 4) is 0 Å². The van der Waals surface area contributed by atoms with Gasteiger partial charge in [-0.05, 0) is 31.1 Å². The second-order valence-corrected chi connectivity index (χ2v) is 4.88. The largest absolute Gasteiger partial charge is 0.273 e. The van der Waals surface area contributed by atoms with Crippen LogP contribution < -0.4 is 5.43 Å². The molecule has 0 aromatic carbocycles. The molecular weight excluding hydrogens is 188 g/mol. The Hall–Kier alpha value is -0.860. The number of carbonyl (C=O) groups excluding carboxylic acids is 1. The summed E-state index contributed by atoms with van der Waals surface area (Å²) >= 11 is 0. The van der Waals surface area contributed by atoms with Gasteiger partial charge in [0.1, 0.15) is 0 Å². The molecule has 0 aromatic rings. The monoisotopic (exact) mass is 210 g/mol. The summed E-state index contributed by atoms with van der Waals surface area (Å²) in [4.78, 5) is 11.4. The van der Waals surface area contributed by atoms with Gasteiger partial charge >= 0.3 is 0 Å². The molecule has 0 saturated heterocycles. The molecule has 0 aliphatic heterocycles. The van der Waals surface area contributed by atoms with E-state index in [0.717, 1.165) is 6.42 Å². The topological polar surface area (TPSA) is 41.5 Å². The summed E-state index contributed by atoms with van der Waals surface area (Å²) in [6.45, 7) is 6.26. The fourth-order valence-corrected chi connectivity index (χ4v) is 1.89. The van der Waals surface area contributed by atoms with Crippen LogP contribution in [0, 0.1) is 11.8 Å². The van der Waals surface area contributed by atoms with Crippen molar-refractivity contribution in [1.82, 2.24) is 5.43 Å². The van der Waals surface area contributed by atoms with Crippen LogP contribution in [-0.2, 0) is 4.79 Å². The second kappa shape index (κ2) is 5.89. The number of hydrogen-bond acceptors (Lipinski definition) is 2. The molecule has 1 atom stereocenters. The Morgan fingerprint density at radius 2 is 2.27 bits per heavy atom. The molecule has 86 valence electrons. The lowest BCUT2D eigenvalue weighted by Gasteiger charge is -2.19. The lowest BCUT2D eigenvalue weighted by molar-refractivity contribution is -0.121. The van der Waals surface area contributed by atoms with Gasteiger partial charge in [-0.3, -0.25) is 4.79 Å². The van der Waals surface area contributed by atoms with Gasteiger partial charge in [-0.1, -0.05) is 27.2 Å². The Balaban J connectivity index is 2.38. The summed E-state index contributed by atoms with van der Waals surface area (Å²) in [7, 11) is 0. The molecule has 0 aromatic heterocycles. The summed E-state index contributed by atoms with van der Waals surface area (Å²) in [5.41, 5.74) is 3.83. The van der Waals surface area contributed by atoms with Crippen LogP contribution in [0.15, 0.2) is 5.10 Å². The van der Waals surface area contributed by atoms with Crippen molar-refractivity contribution in [2.75, 3.05) is 0 Å². The molecule has 1 amide bonds. The third-order valence-electron chi connectivity index (χ3n) is 2.81. The SMILES string of the molecule is CC(C)CC(=O)N/N=C1\CCCCC1C. The summed E-state index contributed by atoms with van der Waals surface area (Å²) in [5, 5.41) is 4.23. The normalized spacial score (nSPS) is 24.5. The predicted octanol–water partition coefficient (Wildman–Crippen LogP) is 2.71. The lowest BCUT2D eigenvalue weighted by Crippen LogP contribution is -2.24. The summed E-state index contributed by atoms with van der Waals surface area (Å²) < 4.78 is 0. The average molecular weight is 210 g/mol. The van der Waals surface area contributed by atoms with Crippen molar-refractivity contribution in [1.29, 1.82) is 0 Å². The summed E-state index contributed by atoms with van der Waals surface area (Å²) in [6.07, 6.45) is 5.32. The number of hydrazone groups is 1. The lowest BCUT2D eigenvalue weighted by atomic mass is 9.89. The zero-order chi connectivity index (χ0) is 11.3. The Morgan fingerprint density at radius 3 is 2.87 bits per heavy atom. The Bertz CT molecular complexity index is 246. The molecule has 0 heterocycles. The van der Waals surface area contributed by atoms with E-state index < -0.39 is 0 Å². The van der Waals surface area contributed by atoms with Gasteiger partial charge in [0.25, 0.3) is 0 Å². The quantitative estimate of drug-likeness (QED) is 0.715. The fourth-order valence-electron chi connectivity index (χ4n) is 1.89. The maximum absolute atomic E-state index is 11.4. The van der Waals surface area contributed by atoms with E-state index in [1.165, 1.54) is 25.0 Å². The van der Waals surface area contributed by atoms with Crippen molar-refractivity contribution >= 4 is 11.6 Å². The van der Waals surface area contributed by atoms with Crippen LogP contribution >= 0.6 is 0 Å². The second-order valence-electron chi connectivity index (χ2n) is 4.88. The van der Waals surface area contributed by atoms with Gasteiger partial charge in [-0.25, -0.2) is 5.43 Å². The minimum absolute atomic E-state index is 0.0373. The highest BCUT2D eigenvalue weighted by Crippen LogP contribution is 2.20. The summed E-state index contributed by atoms with van der Waals surface area (Å²) in [6, 6.07) is 0. The third-order valence-corrected chi connectivity index (χ3v) is 2.81. The number of amides is 1. The number of hydrogen-bond donors (Lipinski definition) is 1. The van der Waals surface area contributed by atoms with Gasteiger partial charge in [-0.15, -0.1) is 0 Å². The Kier molecular flexibility index (Phi) is 4.79. The van der Waals surface area contributed by atoms with E-state index >= 15 is 0 Å². The first-order chi connectivity index (χ1) is 7.09. The van der Waals surface area contributed by atoms with E-state index in [2.05, 4.69) is 17.5 Å². The molecule has 0 bridgehead atoms. The van der Waals surface area contributed by atoms with Crippen LogP contribution in [0.5, 0.6) is 0 Å². The van der Waals surface area contributed by atoms with Crippen molar-refractivity contribution < 1.29 is 4.79 Å². The van der Waals surface area contributed by atoms with Crippen LogP contribution in [-0.4, -0.2) is 11.6 Å². The van der Waals surface area contributed by atoms with Crippen molar-refractivity contribution in [3.05, 3.63) is 0 Å². The van der Waals surface area contributed by atoms with Crippen LogP contribution in [0.4, 0.5) is 0 Å². The van der Waals surface area contributed by atoms with Gasteiger partial charge in [0.2, 0.25) is 5.91 Å². The standard InChI is InChI=1S/C12H22N2O/c1-9(2)8-12(15)14-13-11-7-5-4-6-10(11)3/h9-10H,4-8H2,1-3H3,(H,14,15)/b13-11+. The van der Waals surface area contributed by atoms with Crippen LogP contribution in [0.1, 0.15) is 52.9 Å². The molecule has 1 N–H and O–H groups in total. The van der Waals surface area contributed by atoms with E-state index in [9.17, 15) is 4.79 Å². The van der Waals surface area contributed by atoms with Gasteiger partial charge in [0.05, 0.1) is 0 Å². The van der Waals surface area contributed by atoms with E-state index in [1.807, 2.05) is 13.8 Å². The zero-order valence-electron chi connectivity index (χ0n) is 10.0. The molecule has 1 rings (SSSR count). The highest BCUT2D eigenvalue weighted by atomic mass is 16.2. The molecule has 3 nitrogen and oxygen atoms in total. The molecule has 1 aliphatic carbocycles. The maximum atomic E-state index is 11.4. The predicted molar refractivity (Wildman–Crippen MR) is 62.7 cm³/mol. The molecule has 15 heavy (non-hydrogen) atoms. The first-order valence-corrected chi connectivity index (χ1v) is 5.95. The van der Waals surface area contributed by atoms with Crippen molar-refractivity contribution in [2.45, 2.75) is 52.9 Å². The highest BCUT2D eigenvalue weighted by Gasteiger charge is 2.16. The first-order valence-electron chi connectivity index (χ1n) is 5.95. The third kappa shape index (κ3) is 4.45. The molecule has 0 spiro atoms. The molecule has 1 saturated carbocycles. The zero-order valence-corrected chi connectivity index (χ0v) is 10.0. The minimum atomic E-state index is 0.0373. The van der Waals surface area contributed by atoms with Crippen molar-refractivity contribution in [2.24, 2.45) is 16.9 Å². The number of nitrogens with zero attached hydrogens (tertiary/aromatic N) is 1. The highest BCUT2D eigenvalue weighted by molar-refractivity contribution is 5.88. The van der Waals surface area contributed by atoms with Crippen LogP contribution in [0.2, 0.25) is 0 Å². The summed E-state index contributed by atoms with van der Waals surface area (Å²) in [5.74, 6) is 0.974. The minimum Gasteiger partial charge on any atom is -0.273 e. The van der Waals surface area contributed by atoms with Gasteiger partial charge in [0.15, 0.2) is 0 Å². The van der Waals surface area contributed by atoms with Crippen LogP contribution in [0.3, 0.4) is 0 Å². The Morgan fingerprint density at radius 1 is 1.53 bits per heavy atom. The number of carbonyl (C=O) groups is 1. The van der Waals surface area contributed by atoms with E-state index in [1.54, 1.807) is 0 Å². The van der Waals surface area contributed by atoms with Gasteiger partial charge in [0, 0.05) is 12.1 Å². The number of rotatable bonds is 3. The molecule has 0 radical (unpaired) electrons. The first kappa shape index (κ1) is 12.2.